The standard InChI is InChI=1S/C28H34N6O4/c1-16(18-7-5-6-17(8-18)12-29)33-21-11-24(26(33)36)32(14-21)15-22(31-27(37)38-28(2,3)4)25(35)34-20(13-30)9-19-10-23(19)34/h5-8,16,19-24H,9-11,14-15H2,1-4H3,(H,31,37)/t16-,19-,20+,21+,22+,23+,24+/m1/s1. The lowest BCUT2D eigenvalue weighted by molar-refractivity contribution is -0.141. The average molecular weight is 519 g/mol. The van der Waals surface area contributed by atoms with Crippen LogP contribution in [0, 0.1) is 28.6 Å². The van der Waals surface area contributed by atoms with Crippen molar-refractivity contribution in [1.29, 1.82) is 10.5 Å². The summed E-state index contributed by atoms with van der Waals surface area (Å²) in [5.41, 5.74) is 0.731. The Hall–Kier alpha value is -3.63. The molecular weight excluding hydrogens is 484 g/mol. The Labute approximate surface area is 223 Å². The third-order valence-electron chi connectivity index (χ3n) is 8.14. The molecule has 3 heterocycles. The number of rotatable bonds is 6. The van der Waals surface area contributed by atoms with Crippen LogP contribution in [-0.4, -0.2) is 81.5 Å². The molecule has 4 aliphatic rings. The van der Waals surface area contributed by atoms with Gasteiger partial charge < -0.3 is 19.9 Å². The number of hydrogen-bond donors (Lipinski definition) is 1. The number of likely N-dealkylation sites (tertiary alicyclic amines) is 3. The van der Waals surface area contributed by atoms with E-state index in [1.807, 2.05) is 34.9 Å². The molecule has 0 unspecified atom stereocenters. The van der Waals surface area contributed by atoms with Crippen LogP contribution in [0.3, 0.4) is 0 Å². The highest BCUT2D eigenvalue weighted by Crippen LogP contribution is 2.48. The molecule has 1 N–H and O–H groups in total. The minimum absolute atomic E-state index is 0.0158. The molecule has 1 saturated carbocycles. The SMILES string of the molecule is C[C@H](c1cccc(C#N)c1)N1C(=O)[C@@H]2C[C@H]1CN2C[C@H](NC(=O)OC(C)(C)C)C(=O)N1[C@H](C#N)C[C@@H]2C[C@@H]21. The van der Waals surface area contributed by atoms with Crippen molar-refractivity contribution < 1.29 is 19.1 Å². The number of carbonyl (C=O) groups is 3. The van der Waals surface area contributed by atoms with E-state index in [-0.39, 0.29) is 36.5 Å². The summed E-state index contributed by atoms with van der Waals surface area (Å²) < 4.78 is 5.43. The zero-order chi connectivity index (χ0) is 27.4. The molecule has 1 aromatic rings. The predicted molar refractivity (Wildman–Crippen MR) is 136 cm³/mol. The first-order chi connectivity index (χ1) is 18.0. The van der Waals surface area contributed by atoms with Gasteiger partial charge in [0.05, 0.1) is 29.8 Å². The molecule has 0 radical (unpaired) electrons. The minimum Gasteiger partial charge on any atom is -0.444 e. The molecule has 3 aliphatic heterocycles. The minimum atomic E-state index is -0.926. The van der Waals surface area contributed by atoms with Crippen LogP contribution < -0.4 is 5.32 Å². The summed E-state index contributed by atoms with van der Waals surface area (Å²) in [6, 6.07) is 9.72. The normalized spacial score (nSPS) is 29.3. The smallest absolute Gasteiger partial charge is 0.408 e. The Kier molecular flexibility index (Phi) is 6.56. The molecule has 200 valence electrons. The van der Waals surface area contributed by atoms with Crippen molar-refractivity contribution >= 4 is 17.9 Å². The van der Waals surface area contributed by atoms with Crippen LogP contribution >= 0.6 is 0 Å². The van der Waals surface area contributed by atoms with Gasteiger partial charge in [0, 0.05) is 25.2 Å². The highest BCUT2D eigenvalue weighted by atomic mass is 16.6. The maximum absolute atomic E-state index is 13.7. The number of nitrogens with one attached hydrogen (secondary N) is 1. The highest BCUT2D eigenvalue weighted by Gasteiger charge is 2.56. The molecule has 4 fully saturated rings. The lowest BCUT2D eigenvalue weighted by atomic mass is 10.0. The van der Waals surface area contributed by atoms with Crippen molar-refractivity contribution in [2.75, 3.05) is 13.1 Å². The second kappa shape index (κ2) is 9.59. The van der Waals surface area contributed by atoms with E-state index in [2.05, 4.69) is 17.5 Å². The Bertz CT molecular complexity index is 1230. The van der Waals surface area contributed by atoms with Crippen LogP contribution in [0.25, 0.3) is 0 Å². The fourth-order valence-electron chi connectivity index (χ4n) is 6.37. The molecular formula is C28H34N6O4. The van der Waals surface area contributed by atoms with Crippen LogP contribution in [0.15, 0.2) is 24.3 Å². The fraction of sp³-hybridized carbons (Fsp3) is 0.607. The number of nitriles is 2. The summed E-state index contributed by atoms with van der Waals surface area (Å²) in [7, 11) is 0. The Morgan fingerprint density at radius 2 is 1.97 bits per heavy atom. The van der Waals surface area contributed by atoms with E-state index in [0.29, 0.717) is 30.9 Å². The van der Waals surface area contributed by atoms with Crippen molar-refractivity contribution in [3.8, 4) is 12.1 Å². The predicted octanol–water partition coefficient (Wildman–Crippen LogP) is 2.31. The molecule has 1 aromatic carbocycles. The van der Waals surface area contributed by atoms with E-state index < -0.39 is 29.8 Å². The van der Waals surface area contributed by atoms with E-state index in [4.69, 9.17) is 4.74 Å². The van der Waals surface area contributed by atoms with E-state index in [9.17, 15) is 24.9 Å². The van der Waals surface area contributed by atoms with Gasteiger partial charge in [0.15, 0.2) is 0 Å². The van der Waals surface area contributed by atoms with Crippen LogP contribution in [0.2, 0.25) is 0 Å². The number of amides is 3. The van der Waals surface area contributed by atoms with Gasteiger partial charge in [-0.2, -0.15) is 10.5 Å². The number of fused-ring (bicyclic) bond motifs is 3. The van der Waals surface area contributed by atoms with Gasteiger partial charge >= 0.3 is 6.09 Å². The molecule has 0 aromatic heterocycles. The van der Waals surface area contributed by atoms with E-state index in [0.717, 1.165) is 12.0 Å². The van der Waals surface area contributed by atoms with Crippen LogP contribution in [-0.2, 0) is 14.3 Å². The fourth-order valence-corrected chi connectivity index (χ4v) is 6.37. The molecule has 10 heteroatoms. The number of alkyl carbamates (subject to hydrolysis) is 1. The first kappa shape index (κ1) is 26.0. The van der Waals surface area contributed by atoms with Crippen molar-refractivity contribution in [2.24, 2.45) is 5.92 Å². The molecule has 0 spiro atoms. The van der Waals surface area contributed by atoms with Crippen LogP contribution in [0.1, 0.15) is 64.1 Å². The van der Waals surface area contributed by atoms with Gasteiger partial charge in [-0.25, -0.2) is 4.79 Å². The van der Waals surface area contributed by atoms with Crippen molar-refractivity contribution in [3.63, 3.8) is 0 Å². The zero-order valence-corrected chi connectivity index (χ0v) is 22.3. The lowest BCUT2D eigenvalue weighted by Gasteiger charge is -2.39. The quantitative estimate of drug-likeness (QED) is 0.612. The first-order valence-corrected chi connectivity index (χ1v) is 13.3. The molecule has 1 aliphatic carbocycles. The number of piperidine rings is 1. The maximum atomic E-state index is 13.7. The zero-order valence-electron chi connectivity index (χ0n) is 22.3. The Morgan fingerprint density at radius 1 is 1.21 bits per heavy atom. The number of piperazine rings is 1. The Morgan fingerprint density at radius 3 is 2.63 bits per heavy atom. The number of carbonyl (C=O) groups excluding carboxylic acids is 3. The molecule has 7 atom stereocenters. The lowest BCUT2D eigenvalue weighted by Crippen LogP contribution is -2.59. The maximum Gasteiger partial charge on any atom is 0.408 e. The van der Waals surface area contributed by atoms with Crippen molar-refractivity contribution in [2.45, 2.75) is 88.8 Å². The summed E-state index contributed by atoms with van der Waals surface area (Å²) in [4.78, 5) is 45.4. The average Bonchev–Trinajstić information content (AvgIpc) is 3.19. The highest BCUT2D eigenvalue weighted by molar-refractivity contribution is 5.89. The number of hydrogen-bond acceptors (Lipinski definition) is 7. The van der Waals surface area contributed by atoms with E-state index in [1.165, 1.54) is 0 Å². The van der Waals surface area contributed by atoms with Crippen LogP contribution in [0.5, 0.6) is 0 Å². The van der Waals surface area contributed by atoms with Gasteiger partial charge in [0.1, 0.15) is 17.7 Å². The van der Waals surface area contributed by atoms with Crippen LogP contribution in [0.4, 0.5) is 4.79 Å². The molecule has 38 heavy (non-hydrogen) atoms. The first-order valence-electron chi connectivity index (χ1n) is 13.3. The van der Waals surface area contributed by atoms with Gasteiger partial charge in [-0.3, -0.25) is 14.5 Å². The number of benzene rings is 1. The summed E-state index contributed by atoms with van der Waals surface area (Å²) >= 11 is 0. The van der Waals surface area contributed by atoms with Gasteiger partial charge in [0.2, 0.25) is 11.8 Å². The summed E-state index contributed by atoms with van der Waals surface area (Å²) in [6.45, 7) is 7.98. The molecule has 10 nitrogen and oxygen atoms in total. The second-order valence-electron chi connectivity index (χ2n) is 11.9. The van der Waals surface area contributed by atoms with Gasteiger partial charge in [-0.15, -0.1) is 0 Å². The van der Waals surface area contributed by atoms with Crippen molar-refractivity contribution in [3.05, 3.63) is 35.4 Å². The summed E-state index contributed by atoms with van der Waals surface area (Å²) in [5, 5.41) is 21.6. The topological polar surface area (TPSA) is 130 Å². The van der Waals surface area contributed by atoms with Gasteiger partial charge in [-0.1, -0.05) is 12.1 Å². The molecule has 2 bridgehead atoms. The number of ether oxygens (including phenoxy) is 1. The third-order valence-corrected chi connectivity index (χ3v) is 8.14. The summed E-state index contributed by atoms with van der Waals surface area (Å²) in [6.07, 6.45) is 1.50. The molecule has 3 amide bonds. The Balaban J connectivity index is 1.31. The van der Waals surface area contributed by atoms with Gasteiger partial charge in [-0.05, 0) is 70.6 Å². The van der Waals surface area contributed by atoms with Crippen molar-refractivity contribution in [1.82, 2.24) is 20.0 Å². The largest absolute Gasteiger partial charge is 0.444 e. The molecule has 3 saturated heterocycles. The monoisotopic (exact) mass is 518 g/mol. The third kappa shape index (κ3) is 4.81. The van der Waals surface area contributed by atoms with Gasteiger partial charge in [0.25, 0.3) is 0 Å². The number of nitrogens with zero attached hydrogens (tertiary/aromatic N) is 5. The molecule has 5 rings (SSSR count). The van der Waals surface area contributed by atoms with E-state index >= 15 is 0 Å². The second-order valence-corrected chi connectivity index (χ2v) is 11.9. The summed E-state index contributed by atoms with van der Waals surface area (Å²) in [5.74, 6) is 0.0452. The van der Waals surface area contributed by atoms with E-state index in [1.54, 1.807) is 31.7 Å².